The average molecular weight is 381 g/mol. The first-order chi connectivity index (χ1) is 13.7. The third kappa shape index (κ3) is 4.85. The summed E-state index contributed by atoms with van der Waals surface area (Å²) in [6, 6.07) is 13.3. The van der Waals surface area contributed by atoms with E-state index in [1.165, 1.54) is 12.4 Å². The number of anilines is 1. The zero-order valence-electron chi connectivity index (χ0n) is 15.4. The van der Waals surface area contributed by atoms with Gasteiger partial charge in [0.05, 0.1) is 26.6 Å². The van der Waals surface area contributed by atoms with Gasteiger partial charge in [-0.15, -0.1) is 0 Å². The van der Waals surface area contributed by atoms with E-state index in [0.717, 1.165) is 5.56 Å². The highest BCUT2D eigenvalue weighted by Crippen LogP contribution is 2.38. The molecule has 0 aliphatic heterocycles. The highest BCUT2D eigenvalue weighted by molar-refractivity contribution is 5.82. The molecule has 0 aliphatic carbocycles. The normalized spacial score (nSPS) is 10.6. The van der Waals surface area contributed by atoms with Gasteiger partial charge in [0.1, 0.15) is 6.61 Å². The van der Waals surface area contributed by atoms with Crippen molar-refractivity contribution < 1.29 is 14.2 Å². The van der Waals surface area contributed by atoms with Gasteiger partial charge >= 0.3 is 5.69 Å². The number of hydrazone groups is 1. The second-order valence-corrected chi connectivity index (χ2v) is 5.57. The highest BCUT2D eigenvalue weighted by atomic mass is 16.5. The largest absolute Gasteiger partial charge is 0.493 e. The molecule has 0 radical (unpaired) electrons. The van der Waals surface area contributed by atoms with E-state index in [0.29, 0.717) is 29.4 Å². The van der Waals surface area contributed by atoms with E-state index in [1.807, 2.05) is 30.3 Å². The molecule has 0 fully saturated rings. The molecular formula is C19H19N5O4. The molecule has 0 aliphatic rings. The van der Waals surface area contributed by atoms with Crippen LogP contribution in [-0.2, 0) is 6.61 Å². The number of hydrogen-bond donors (Lipinski definition) is 2. The van der Waals surface area contributed by atoms with Gasteiger partial charge in [0.25, 0.3) is 0 Å². The van der Waals surface area contributed by atoms with Crippen LogP contribution in [0.25, 0.3) is 0 Å². The van der Waals surface area contributed by atoms with Gasteiger partial charge in [-0.3, -0.25) is 5.43 Å². The number of rotatable bonds is 8. The molecule has 2 aromatic carbocycles. The first-order valence-corrected chi connectivity index (χ1v) is 8.33. The number of methoxy groups -OCH3 is 2. The minimum atomic E-state index is -0.566. The van der Waals surface area contributed by atoms with Gasteiger partial charge in [0.15, 0.2) is 17.3 Å². The summed E-state index contributed by atoms with van der Waals surface area (Å²) in [5.41, 5.74) is 3.80. The Balaban J connectivity index is 1.77. The van der Waals surface area contributed by atoms with Crippen molar-refractivity contribution in [2.75, 3.05) is 19.6 Å². The van der Waals surface area contributed by atoms with E-state index in [1.54, 1.807) is 26.4 Å². The lowest BCUT2D eigenvalue weighted by molar-refractivity contribution is 0.266. The molecule has 0 amide bonds. The number of hydrogen-bond acceptors (Lipinski definition) is 8. The fraction of sp³-hybridized carbons (Fsp3) is 0.158. The molecule has 9 nitrogen and oxygen atoms in total. The van der Waals surface area contributed by atoms with Crippen LogP contribution in [0.2, 0.25) is 0 Å². The zero-order chi connectivity index (χ0) is 19.8. The minimum absolute atomic E-state index is 0.224. The lowest BCUT2D eigenvalue weighted by atomic mass is 10.2. The van der Waals surface area contributed by atoms with Gasteiger partial charge < -0.3 is 14.2 Å². The Hall–Kier alpha value is -3.88. The molecule has 1 aromatic heterocycles. The predicted octanol–water partition coefficient (Wildman–Crippen LogP) is 2.21. The van der Waals surface area contributed by atoms with Crippen molar-refractivity contribution >= 4 is 12.0 Å². The highest BCUT2D eigenvalue weighted by Gasteiger charge is 2.14. The lowest BCUT2D eigenvalue weighted by Gasteiger charge is -2.15. The van der Waals surface area contributed by atoms with Crippen LogP contribution in [-0.4, -0.2) is 35.6 Å². The standard InChI is InChI=1S/C19H19N5O4/c1-26-15-8-14(10-20-23-17-11-21-24-19(25)22-17)9-16(27-2)18(15)28-12-13-6-4-3-5-7-13/h3-11H,12H2,1-2H3,(H2,22,23,24,25)/b20-10+. The molecule has 0 saturated carbocycles. The average Bonchev–Trinajstić information content (AvgIpc) is 2.73. The van der Waals surface area contributed by atoms with Crippen LogP contribution in [0, 0.1) is 0 Å². The summed E-state index contributed by atoms with van der Waals surface area (Å²) in [7, 11) is 3.10. The smallest absolute Gasteiger partial charge is 0.363 e. The molecule has 0 spiro atoms. The van der Waals surface area contributed by atoms with Gasteiger partial charge in [-0.2, -0.15) is 15.2 Å². The molecule has 0 bridgehead atoms. The number of nitrogens with one attached hydrogen (secondary N) is 2. The number of ether oxygens (including phenoxy) is 3. The summed E-state index contributed by atoms with van der Waals surface area (Å²) in [4.78, 5) is 14.8. The summed E-state index contributed by atoms with van der Waals surface area (Å²) in [5, 5.41) is 9.86. The van der Waals surface area contributed by atoms with Crippen molar-refractivity contribution in [3.63, 3.8) is 0 Å². The van der Waals surface area contributed by atoms with Crippen LogP contribution in [0.5, 0.6) is 17.2 Å². The molecule has 9 heteroatoms. The molecule has 0 atom stereocenters. The van der Waals surface area contributed by atoms with E-state index in [-0.39, 0.29) is 5.82 Å². The maximum absolute atomic E-state index is 11.1. The van der Waals surface area contributed by atoms with Crippen molar-refractivity contribution in [3.8, 4) is 17.2 Å². The Morgan fingerprint density at radius 1 is 1.14 bits per heavy atom. The number of benzene rings is 2. The Bertz CT molecular complexity index is 979. The number of H-pyrrole nitrogens is 1. The van der Waals surface area contributed by atoms with Crippen LogP contribution >= 0.6 is 0 Å². The monoisotopic (exact) mass is 381 g/mol. The number of nitrogens with zero attached hydrogens (tertiary/aromatic N) is 3. The predicted molar refractivity (Wildman–Crippen MR) is 104 cm³/mol. The topological polar surface area (TPSA) is 111 Å². The van der Waals surface area contributed by atoms with Crippen molar-refractivity contribution in [1.82, 2.24) is 15.2 Å². The molecule has 0 saturated heterocycles. The summed E-state index contributed by atoms with van der Waals surface area (Å²) in [6.45, 7) is 0.379. The van der Waals surface area contributed by atoms with Gasteiger partial charge in [0.2, 0.25) is 5.75 Å². The second kappa shape index (κ2) is 9.17. The van der Waals surface area contributed by atoms with Crippen LogP contribution in [0.3, 0.4) is 0 Å². The molecule has 28 heavy (non-hydrogen) atoms. The summed E-state index contributed by atoms with van der Waals surface area (Å²) < 4.78 is 16.8. The fourth-order valence-corrected chi connectivity index (χ4v) is 2.39. The molecule has 1 heterocycles. The molecule has 0 unspecified atom stereocenters. The Kier molecular flexibility index (Phi) is 6.19. The third-order valence-corrected chi connectivity index (χ3v) is 3.67. The first-order valence-electron chi connectivity index (χ1n) is 8.33. The van der Waals surface area contributed by atoms with Gasteiger partial charge in [0, 0.05) is 5.56 Å². The van der Waals surface area contributed by atoms with Crippen molar-refractivity contribution in [2.45, 2.75) is 6.61 Å². The minimum Gasteiger partial charge on any atom is -0.493 e. The molecular weight excluding hydrogens is 362 g/mol. The molecule has 3 rings (SSSR count). The van der Waals surface area contributed by atoms with Gasteiger partial charge in [-0.05, 0) is 17.7 Å². The van der Waals surface area contributed by atoms with Crippen molar-refractivity contribution in [1.29, 1.82) is 0 Å². The van der Waals surface area contributed by atoms with Crippen LogP contribution in [0.1, 0.15) is 11.1 Å². The van der Waals surface area contributed by atoms with Crippen LogP contribution in [0.4, 0.5) is 5.82 Å². The van der Waals surface area contributed by atoms with E-state index in [2.05, 4.69) is 25.7 Å². The Morgan fingerprint density at radius 2 is 1.86 bits per heavy atom. The maximum atomic E-state index is 11.1. The molecule has 144 valence electrons. The van der Waals surface area contributed by atoms with Gasteiger partial charge in [-0.1, -0.05) is 30.3 Å². The quantitative estimate of drug-likeness (QED) is 0.454. The molecule has 3 aromatic rings. The van der Waals surface area contributed by atoms with E-state index >= 15 is 0 Å². The lowest BCUT2D eigenvalue weighted by Crippen LogP contribution is -2.13. The summed E-state index contributed by atoms with van der Waals surface area (Å²) >= 11 is 0. The van der Waals surface area contributed by atoms with E-state index < -0.39 is 5.69 Å². The summed E-state index contributed by atoms with van der Waals surface area (Å²) in [6.07, 6.45) is 2.88. The van der Waals surface area contributed by atoms with Crippen LogP contribution in [0.15, 0.2) is 58.6 Å². The number of aromatic nitrogens is 3. The summed E-state index contributed by atoms with van der Waals surface area (Å²) in [5.74, 6) is 1.74. The molecule has 2 N–H and O–H groups in total. The van der Waals surface area contributed by atoms with Crippen molar-refractivity contribution in [2.24, 2.45) is 5.10 Å². The van der Waals surface area contributed by atoms with Crippen molar-refractivity contribution in [3.05, 3.63) is 70.3 Å². The number of aromatic amines is 1. The van der Waals surface area contributed by atoms with E-state index in [9.17, 15) is 4.79 Å². The second-order valence-electron chi connectivity index (χ2n) is 5.57. The van der Waals surface area contributed by atoms with Crippen LogP contribution < -0.4 is 25.3 Å². The fourth-order valence-electron chi connectivity index (χ4n) is 2.39. The van der Waals surface area contributed by atoms with Gasteiger partial charge in [-0.25, -0.2) is 9.89 Å². The first kappa shape index (κ1) is 18.9. The SMILES string of the molecule is COc1cc(/C=N/Nc2cn[nH]c(=O)n2)cc(OC)c1OCc1ccccc1. The van der Waals surface area contributed by atoms with E-state index in [4.69, 9.17) is 14.2 Å². The third-order valence-electron chi connectivity index (χ3n) is 3.67. The Morgan fingerprint density at radius 3 is 2.50 bits per heavy atom. The maximum Gasteiger partial charge on any atom is 0.363 e. The Labute approximate surface area is 161 Å². The zero-order valence-corrected chi connectivity index (χ0v) is 15.4.